The van der Waals surface area contributed by atoms with Crippen LogP contribution in [0.2, 0.25) is 0 Å². The first-order valence-corrected chi connectivity index (χ1v) is 12.4. The number of rotatable bonds is 3. The average Bonchev–Trinajstić information content (AvgIpc) is 3.55. The van der Waals surface area contributed by atoms with E-state index in [2.05, 4.69) is 54.1 Å². The smallest absolute Gasteiger partial charge is 0.307 e. The molecule has 5 nitrogen and oxygen atoms in total. The summed E-state index contributed by atoms with van der Waals surface area (Å²) in [5.41, 5.74) is 8.75. The molecular formula is C33H24IrN4O-2. The number of aromatic nitrogens is 4. The Bertz CT molecular complexity index is 1750. The van der Waals surface area contributed by atoms with Gasteiger partial charge in [-0.1, -0.05) is 42.5 Å². The van der Waals surface area contributed by atoms with Crippen molar-refractivity contribution in [3.05, 3.63) is 133 Å². The van der Waals surface area contributed by atoms with Crippen LogP contribution in [0.4, 0.5) is 0 Å². The van der Waals surface area contributed by atoms with E-state index in [9.17, 15) is 0 Å². The third kappa shape index (κ3) is 5.30. The van der Waals surface area contributed by atoms with Gasteiger partial charge >= 0.3 is 6.01 Å². The number of aryl methyl sites for hydroxylation is 2. The van der Waals surface area contributed by atoms with Crippen molar-refractivity contribution in [3.63, 3.8) is 0 Å². The van der Waals surface area contributed by atoms with Gasteiger partial charge in [0.15, 0.2) is 5.58 Å². The molecule has 0 aliphatic heterocycles. The van der Waals surface area contributed by atoms with Gasteiger partial charge in [-0.25, -0.2) is 0 Å². The van der Waals surface area contributed by atoms with Crippen molar-refractivity contribution in [2.75, 3.05) is 0 Å². The van der Waals surface area contributed by atoms with Crippen LogP contribution in [0.5, 0.6) is 0 Å². The molecule has 0 unspecified atom stereocenters. The summed E-state index contributed by atoms with van der Waals surface area (Å²) in [7, 11) is 0. The van der Waals surface area contributed by atoms with E-state index in [0.29, 0.717) is 6.01 Å². The maximum absolute atomic E-state index is 6.05. The molecule has 7 rings (SSSR count). The SMILES string of the molecule is Cc1cccc(C)c1-c1nc2ccc[c-]c2n1-c1nc2ccccc2o1.[Ir].[c-]1ccccc1-c1ccccn1. The predicted molar refractivity (Wildman–Crippen MR) is 151 cm³/mol. The molecule has 0 fully saturated rings. The second-order valence-electron chi connectivity index (χ2n) is 8.90. The van der Waals surface area contributed by atoms with Crippen LogP contribution in [-0.4, -0.2) is 19.5 Å². The minimum Gasteiger partial charge on any atom is -0.423 e. The van der Waals surface area contributed by atoms with Crippen LogP contribution in [0, 0.1) is 26.0 Å². The molecule has 0 N–H and O–H groups in total. The Balaban J connectivity index is 0.000000200. The molecule has 1 radical (unpaired) electrons. The number of para-hydroxylation sites is 3. The fourth-order valence-electron chi connectivity index (χ4n) is 4.51. The standard InChI is InChI=1S/C22H16N3O.C11H8N.Ir/c1-14-8-7-9-15(2)20(14)21-23-16-10-3-5-12-18(16)25(21)22-24-17-11-4-6-13-19(17)26-22;1-2-6-10(7-3-1)11-8-4-5-9-12-11;/h3-11,13H,1-2H3;1-6,8-9H;/q2*-1;. The van der Waals surface area contributed by atoms with Crippen molar-refractivity contribution in [2.45, 2.75) is 13.8 Å². The number of oxazole rings is 1. The summed E-state index contributed by atoms with van der Waals surface area (Å²) in [6, 6.07) is 40.5. The van der Waals surface area contributed by atoms with Crippen molar-refractivity contribution in [2.24, 2.45) is 0 Å². The van der Waals surface area contributed by atoms with Crippen molar-refractivity contribution in [1.29, 1.82) is 0 Å². The first-order valence-electron chi connectivity index (χ1n) is 12.4. The molecule has 0 aliphatic carbocycles. The minimum atomic E-state index is 0. The Hall–Kier alpha value is -4.38. The fraction of sp³-hybridized carbons (Fsp3) is 0.0606. The van der Waals surface area contributed by atoms with Gasteiger partial charge in [-0.2, -0.15) is 23.2 Å². The zero-order valence-electron chi connectivity index (χ0n) is 21.4. The molecule has 7 aromatic rings. The molecule has 0 saturated heterocycles. The molecule has 193 valence electrons. The molecule has 0 atom stereocenters. The summed E-state index contributed by atoms with van der Waals surface area (Å²) >= 11 is 0. The number of hydrogen-bond acceptors (Lipinski definition) is 4. The largest absolute Gasteiger partial charge is 0.423 e. The Kier molecular flexibility index (Phi) is 7.78. The van der Waals surface area contributed by atoms with Crippen LogP contribution >= 0.6 is 0 Å². The molecule has 6 heteroatoms. The van der Waals surface area contributed by atoms with Gasteiger partial charge in [0.1, 0.15) is 11.3 Å². The zero-order valence-corrected chi connectivity index (χ0v) is 23.8. The summed E-state index contributed by atoms with van der Waals surface area (Å²) in [6.07, 6.45) is 1.79. The zero-order chi connectivity index (χ0) is 25.9. The third-order valence-electron chi connectivity index (χ3n) is 6.30. The molecule has 0 aliphatic rings. The van der Waals surface area contributed by atoms with Gasteiger partial charge in [0.05, 0.1) is 0 Å². The topological polar surface area (TPSA) is 56.7 Å². The first kappa shape index (κ1) is 26.2. The number of hydrogen-bond donors (Lipinski definition) is 0. The van der Waals surface area contributed by atoms with Gasteiger partial charge in [0.25, 0.3) is 0 Å². The summed E-state index contributed by atoms with van der Waals surface area (Å²) in [5.74, 6) is 0.824. The van der Waals surface area contributed by atoms with Gasteiger partial charge in [-0.05, 0) is 59.9 Å². The summed E-state index contributed by atoms with van der Waals surface area (Å²) < 4.78 is 8.02. The van der Waals surface area contributed by atoms with E-state index in [-0.39, 0.29) is 20.1 Å². The Morgan fingerprint density at radius 3 is 2.18 bits per heavy atom. The van der Waals surface area contributed by atoms with Crippen LogP contribution in [0.15, 0.2) is 114 Å². The molecule has 0 amide bonds. The monoisotopic (exact) mass is 685 g/mol. The van der Waals surface area contributed by atoms with E-state index in [1.54, 1.807) is 6.20 Å². The van der Waals surface area contributed by atoms with E-state index in [0.717, 1.165) is 55.9 Å². The van der Waals surface area contributed by atoms with E-state index in [4.69, 9.17) is 9.40 Å². The van der Waals surface area contributed by atoms with Crippen LogP contribution in [0.25, 0.3) is 50.8 Å². The van der Waals surface area contributed by atoms with Crippen LogP contribution in [0.1, 0.15) is 11.1 Å². The summed E-state index contributed by atoms with van der Waals surface area (Å²) in [4.78, 5) is 13.8. The second kappa shape index (κ2) is 11.6. The summed E-state index contributed by atoms with van der Waals surface area (Å²) in [6.45, 7) is 4.20. The molecule has 0 saturated carbocycles. The van der Waals surface area contributed by atoms with Crippen molar-refractivity contribution in [3.8, 4) is 28.7 Å². The van der Waals surface area contributed by atoms with Crippen molar-refractivity contribution < 1.29 is 24.5 Å². The van der Waals surface area contributed by atoms with Gasteiger partial charge in [-0.15, -0.1) is 42.0 Å². The molecule has 3 heterocycles. The van der Waals surface area contributed by atoms with Gasteiger partial charge < -0.3 is 9.40 Å². The van der Waals surface area contributed by atoms with E-state index >= 15 is 0 Å². The fourth-order valence-corrected chi connectivity index (χ4v) is 4.51. The van der Waals surface area contributed by atoms with E-state index in [1.807, 2.05) is 89.5 Å². The number of fused-ring (bicyclic) bond motifs is 2. The van der Waals surface area contributed by atoms with E-state index in [1.165, 1.54) is 0 Å². The first-order chi connectivity index (χ1) is 18.7. The Morgan fingerprint density at radius 2 is 1.44 bits per heavy atom. The van der Waals surface area contributed by atoms with Crippen LogP contribution in [0.3, 0.4) is 0 Å². The van der Waals surface area contributed by atoms with Gasteiger partial charge in [-0.3, -0.25) is 9.55 Å². The Labute approximate surface area is 240 Å². The summed E-state index contributed by atoms with van der Waals surface area (Å²) in [5, 5.41) is 0. The number of pyridine rings is 1. The molecule has 3 aromatic heterocycles. The molecule has 4 aromatic carbocycles. The van der Waals surface area contributed by atoms with Gasteiger partial charge in [0, 0.05) is 31.9 Å². The van der Waals surface area contributed by atoms with Crippen LogP contribution in [-0.2, 0) is 20.1 Å². The molecular weight excluding hydrogens is 661 g/mol. The van der Waals surface area contributed by atoms with Crippen LogP contribution < -0.4 is 0 Å². The normalized spacial score (nSPS) is 10.6. The van der Waals surface area contributed by atoms with Gasteiger partial charge in [0.2, 0.25) is 0 Å². The number of nitrogens with zero attached hydrogens (tertiary/aromatic N) is 4. The van der Waals surface area contributed by atoms with Crippen molar-refractivity contribution >= 4 is 22.1 Å². The Morgan fingerprint density at radius 1 is 0.692 bits per heavy atom. The number of imidazole rings is 1. The average molecular weight is 685 g/mol. The minimum absolute atomic E-state index is 0. The maximum atomic E-state index is 6.05. The number of benzene rings is 4. The molecule has 39 heavy (non-hydrogen) atoms. The molecule has 0 spiro atoms. The maximum Gasteiger partial charge on any atom is 0.307 e. The third-order valence-corrected chi connectivity index (χ3v) is 6.30. The van der Waals surface area contributed by atoms with Crippen molar-refractivity contribution in [1.82, 2.24) is 19.5 Å². The predicted octanol–water partition coefficient (Wildman–Crippen LogP) is 7.80. The van der Waals surface area contributed by atoms with E-state index < -0.39 is 0 Å². The quantitative estimate of drug-likeness (QED) is 0.178. The second-order valence-corrected chi connectivity index (χ2v) is 8.90. The molecule has 0 bridgehead atoms.